The van der Waals surface area contributed by atoms with Crippen LogP contribution in [-0.2, 0) is 14.3 Å². The van der Waals surface area contributed by atoms with Crippen molar-refractivity contribution in [3.63, 3.8) is 0 Å². The highest BCUT2D eigenvalue weighted by Crippen LogP contribution is 2.61. The minimum absolute atomic E-state index is 0.240. The van der Waals surface area contributed by atoms with Gasteiger partial charge in [0.05, 0.1) is 34.3 Å². The van der Waals surface area contributed by atoms with E-state index in [2.05, 4.69) is 10.3 Å². The molecule has 1 aromatic carbocycles. The fourth-order valence-electron chi connectivity index (χ4n) is 4.83. The first kappa shape index (κ1) is 14.5. The summed E-state index contributed by atoms with van der Waals surface area (Å²) >= 11 is 0. The Morgan fingerprint density at radius 2 is 1.72 bits per heavy atom. The fourth-order valence-corrected chi connectivity index (χ4v) is 4.83. The van der Waals surface area contributed by atoms with Gasteiger partial charge in [-0.2, -0.15) is 5.26 Å². The number of nitrogens with zero attached hydrogens (tertiary/aromatic N) is 4. The predicted molar refractivity (Wildman–Crippen MR) is 83.1 cm³/mol. The number of aromatic nitrogens is 2. The first-order valence-electron chi connectivity index (χ1n) is 8.13. The van der Waals surface area contributed by atoms with Crippen molar-refractivity contribution in [3.8, 4) is 6.07 Å². The molecule has 2 aromatic rings. The molecule has 3 unspecified atom stereocenters. The van der Waals surface area contributed by atoms with E-state index in [0.29, 0.717) is 5.69 Å². The van der Waals surface area contributed by atoms with Crippen LogP contribution < -0.4 is 4.90 Å². The summed E-state index contributed by atoms with van der Waals surface area (Å²) in [7, 11) is 0. The van der Waals surface area contributed by atoms with Gasteiger partial charge in [-0.1, -0.05) is 0 Å². The second kappa shape index (κ2) is 4.24. The number of ether oxygens (including phenoxy) is 1. The number of nitriles is 1. The molecule has 0 spiro atoms. The molecule has 3 saturated heterocycles. The van der Waals surface area contributed by atoms with E-state index in [-0.39, 0.29) is 28.4 Å². The molecule has 8 heteroatoms. The standard InChI is InChI=1S/C17H14N4O4/c1-16-5-6-17(2,24-16)11-10(16)14(22)21(15(11)23)9-4-3-8(7-18)12-13(9)20-25-19-12/h3-4,10-11H,5-6H2,1-2H3/t10-,11?,16?,17?/m1/s1. The van der Waals surface area contributed by atoms with Gasteiger partial charge in [-0.25, -0.2) is 9.53 Å². The van der Waals surface area contributed by atoms with Crippen molar-refractivity contribution in [2.75, 3.05) is 4.90 Å². The molecule has 0 aliphatic carbocycles. The number of benzene rings is 1. The van der Waals surface area contributed by atoms with Gasteiger partial charge in [0.25, 0.3) is 0 Å². The molecule has 4 heterocycles. The van der Waals surface area contributed by atoms with Gasteiger partial charge in [0, 0.05) is 0 Å². The van der Waals surface area contributed by atoms with Gasteiger partial charge in [0.15, 0.2) is 11.0 Å². The van der Waals surface area contributed by atoms with E-state index in [0.717, 1.165) is 12.8 Å². The number of hydrogen-bond acceptors (Lipinski definition) is 7. The summed E-state index contributed by atoms with van der Waals surface area (Å²) < 4.78 is 10.8. The summed E-state index contributed by atoms with van der Waals surface area (Å²) in [5.74, 6) is -1.56. The van der Waals surface area contributed by atoms with E-state index in [1.165, 1.54) is 11.0 Å². The molecule has 3 aliphatic heterocycles. The lowest BCUT2D eigenvalue weighted by Crippen LogP contribution is -2.40. The van der Waals surface area contributed by atoms with Crippen molar-refractivity contribution >= 4 is 28.5 Å². The van der Waals surface area contributed by atoms with E-state index in [4.69, 9.17) is 14.6 Å². The molecule has 0 saturated carbocycles. The Bertz CT molecular complexity index is 974. The lowest BCUT2D eigenvalue weighted by molar-refractivity contribution is -0.129. The molecule has 0 N–H and O–H groups in total. The number of amides is 2. The summed E-state index contributed by atoms with van der Waals surface area (Å²) in [6.45, 7) is 3.81. The number of anilines is 1. The van der Waals surface area contributed by atoms with Gasteiger partial charge in [-0.15, -0.1) is 0 Å². The third kappa shape index (κ3) is 1.54. The minimum Gasteiger partial charge on any atom is -0.367 e. The number of carbonyl (C=O) groups excluding carboxylic acids is 2. The summed E-state index contributed by atoms with van der Waals surface area (Å²) in [6, 6.07) is 5.07. The highest BCUT2D eigenvalue weighted by atomic mass is 16.6. The second-order valence-corrected chi connectivity index (χ2v) is 7.40. The molecule has 25 heavy (non-hydrogen) atoms. The lowest BCUT2D eigenvalue weighted by atomic mass is 9.69. The van der Waals surface area contributed by atoms with Crippen LogP contribution >= 0.6 is 0 Å². The van der Waals surface area contributed by atoms with Gasteiger partial charge >= 0.3 is 0 Å². The van der Waals surface area contributed by atoms with Gasteiger partial charge < -0.3 is 4.74 Å². The van der Waals surface area contributed by atoms with E-state index in [1.807, 2.05) is 19.9 Å². The van der Waals surface area contributed by atoms with Crippen LogP contribution in [0, 0.1) is 23.2 Å². The Labute approximate surface area is 142 Å². The van der Waals surface area contributed by atoms with E-state index < -0.39 is 23.0 Å². The predicted octanol–water partition coefficient (Wildman–Crippen LogP) is 1.54. The van der Waals surface area contributed by atoms with Crippen molar-refractivity contribution < 1.29 is 19.0 Å². The quantitative estimate of drug-likeness (QED) is 0.725. The largest absolute Gasteiger partial charge is 0.367 e. The average molecular weight is 338 g/mol. The molecule has 0 radical (unpaired) electrons. The van der Waals surface area contributed by atoms with Gasteiger partial charge in [-0.05, 0) is 49.1 Å². The van der Waals surface area contributed by atoms with Crippen LogP contribution in [0.15, 0.2) is 16.8 Å². The summed E-state index contributed by atoms with van der Waals surface area (Å²) in [4.78, 5) is 27.4. The summed E-state index contributed by atoms with van der Waals surface area (Å²) in [6.07, 6.45) is 1.51. The van der Waals surface area contributed by atoms with Gasteiger partial charge in [-0.3, -0.25) is 9.59 Å². The van der Waals surface area contributed by atoms with Crippen LogP contribution in [0.4, 0.5) is 5.69 Å². The maximum absolute atomic E-state index is 13.1. The van der Waals surface area contributed by atoms with Crippen molar-refractivity contribution in [1.29, 1.82) is 5.26 Å². The molecule has 3 fully saturated rings. The van der Waals surface area contributed by atoms with Crippen molar-refractivity contribution in [2.24, 2.45) is 11.8 Å². The lowest BCUT2D eigenvalue weighted by Gasteiger charge is -2.27. The maximum Gasteiger partial charge on any atom is 0.240 e. The number of imide groups is 1. The molecule has 2 bridgehead atoms. The van der Waals surface area contributed by atoms with Crippen LogP contribution in [0.1, 0.15) is 32.3 Å². The van der Waals surface area contributed by atoms with E-state index in [1.54, 1.807) is 6.07 Å². The highest BCUT2D eigenvalue weighted by Gasteiger charge is 2.72. The molecular weight excluding hydrogens is 324 g/mol. The Hall–Kier alpha value is -2.79. The fraction of sp³-hybridized carbons (Fsp3) is 0.471. The van der Waals surface area contributed by atoms with Crippen LogP contribution in [0.25, 0.3) is 11.0 Å². The normalized spacial score (nSPS) is 36.3. The second-order valence-electron chi connectivity index (χ2n) is 7.40. The SMILES string of the molecule is CC12CCC(C)(O1)[C@H]1C(=O)N(c3ccc(C#N)c4nonc34)C(=O)C12. The van der Waals surface area contributed by atoms with Crippen LogP contribution in [0.3, 0.4) is 0 Å². The first-order chi connectivity index (χ1) is 11.9. The number of rotatable bonds is 1. The Balaban J connectivity index is 1.68. The average Bonchev–Trinajstić information content (AvgIpc) is 3.28. The smallest absolute Gasteiger partial charge is 0.240 e. The van der Waals surface area contributed by atoms with Crippen LogP contribution in [-0.4, -0.2) is 33.3 Å². The molecule has 4 atom stereocenters. The molecule has 126 valence electrons. The number of hydrogen-bond donors (Lipinski definition) is 0. The van der Waals surface area contributed by atoms with E-state index >= 15 is 0 Å². The Kier molecular flexibility index (Phi) is 2.47. The summed E-state index contributed by atoms with van der Waals surface area (Å²) in [5, 5.41) is 16.7. The van der Waals surface area contributed by atoms with Crippen molar-refractivity contribution in [1.82, 2.24) is 10.3 Å². The maximum atomic E-state index is 13.1. The van der Waals surface area contributed by atoms with Gasteiger partial charge in [0.2, 0.25) is 11.8 Å². The molecule has 2 amide bonds. The van der Waals surface area contributed by atoms with Crippen molar-refractivity contribution in [2.45, 2.75) is 37.9 Å². The molecule has 1 aromatic heterocycles. The van der Waals surface area contributed by atoms with Crippen LogP contribution in [0.2, 0.25) is 0 Å². The third-order valence-electron chi connectivity index (χ3n) is 5.96. The number of carbonyl (C=O) groups is 2. The zero-order chi connectivity index (χ0) is 17.6. The van der Waals surface area contributed by atoms with Gasteiger partial charge in [0.1, 0.15) is 6.07 Å². The highest BCUT2D eigenvalue weighted by molar-refractivity contribution is 6.25. The Morgan fingerprint density at radius 3 is 2.32 bits per heavy atom. The molecule has 3 aliphatic rings. The van der Waals surface area contributed by atoms with Crippen LogP contribution in [0.5, 0.6) is 0 Å². The van der Waals surface area contributed by atoms with E-state index in [9.17, 15) is 9.59 Å². The first-order valence-corrected chi connectivity index (χ1v) is 8.13. The molecular formula is C17H14N4O4. The topological polar surface area (TPSA) is 109 Å². The molecule has 8 nitrogen and oxygen atoms in total. The number of fused-ring (bicyclic) bond motifs is 6. The minimum atomic E-state index is -0.616. The monoisotopic (exact) mass is 338 g/mol. The van der Waals surface area contributed by atoms with Crippen molar-refractivity contribution in [3.05, 3.63) is 17.7 Å². The zero-order valence-corrected chi connectivity index (χ0v) is 13.6. The molecule has 5 rings (SSSR count). The Morgan fingerprint density at radius 1 is 1.12 bits per heavy atom. The third-order valence-corrected chi connectivity index (χ3v) is 5.96. The zero-order valence-electron chi connectivity index (χ0n) is 13.6. The summed E-state index contributed by atoms with van der Waals surface area (Å²) in [5.41, 5.74) is -0.157.